The first kappa shape index (κ1) is 14.4. The Morgan fingerprint density at radius 1 is 1.00 bits per heavy atom. The molecule has 106 valence electrons. The molecule has 2 rings (SSSR count). The molecule has 0 atom stereocenters. The van der Waals surface area contributed by atoms with Gasteiger partial charge in [0.15, 0.2) is 0 Å². The summed E-state index contributed by atoms with van der Waals surface area (Å²) in [5.41, 5.74) is 9.70. The summed E-state index contributed by atoms with van der Waals surface area (Å²) in [6, 6.07) is 8.13. The number of nitrogens with two attached hydrogens (primary N) is 1. The Morgan fingerprint density at radius 3 is 2.30 bits per heavy atom. The largest absolute Gasteiger partial charge is 0.330 e. The van der Waals surface area contributed by atoms with Crippen LogP contribution in [0.25, 0.3) is 0 Å². The lowest BCUT2D eigenvalue weighted by atomic mass is 10.1. The van der Waals surface area contributed by atoms with Crippen LogP contribution in [0.4, 0.5) is 11.6 Å². The summed E-state index contributed by atoms with van der Waals surface area (Å²) >= 11 is 0. The van der Waals surface area contributed by atoms with Crippen LogP contribution in [0.3, 0.4) is 0 Å². The second kappa shape index (κ2) is 6.96. The Balaban J connectivity index is 2.13. The van der Waals surface area contributed by atoms with Crippen molar-refractivity contribution < 1.29 is 0 Å². The summed E-state index contributed by atoms with van der Waals surface area (Å²) in [4.78, 5) is 4.51. The van der Waals surface area contributed by atoms with E-state index in [1.807, 2.05) is 12.1 Å². The first-order valence-electron chi connectivity index (χ1n) is 7.05. The maximum absolute atomic E-state index is 5.54. The number of nitrogens with one attached hydrogen (secondary N) is 1. The molecular formula is C15H21N5. The zero-order chi connectivity index (χ0) is 14.4. The van der Waals surface area contributed by atoms with Crippen LogP contribution in [0.15, 0.2) is 24.3 Å². The van der Waals surface area contributed by atoms with Gasteiger partial charge in [-0.3, -0.25) is 0 Å². The number of hydrogen-bond donors (Lipinski definition) is 2. The normalized spacial score (nSPS) is 10.6. The first-order valence-corrected chi connectivity index (χ1v) is 7.05. The second-order valence-corrected chi connectivity index (χ2v) is 4.60. The van der Waals surface area contributed by atoms with E-state index >= 15 is 0 Å². The average molecular weight is 271 g/mol. The number of hydrogen-bond acceptors (Lipinski definition) is 5. The van der Waals surface area contributed by atoms with Crippen molar-refractivity contribution >= 4 is 11.6 Å². The summed E-state index contributed by atoms with van der Waals surface area (Å²) in [6.45, 7) is 4.81. The summed E-state index contributed by atoms with van der Waals surface area (Å²) in [6.07, 6.45) is 2.61. The second-order valence-electron chi connectivity index (χ2n) is 4.60. The van der Waals surface area contributed by atoms with Crippen molar-refractivity contribution in [3.63, 3.8) is 0 Å². The highest BCUT2D eigenvalue weighted by Gasteiger charge is 2.06. The van der Waals surface area contributed by atoms with Crippen LogP contribution in [0.2, 0.25) is 0 Å². The van der Waals surface area contributed by atoms with E-state index < -0.39 is 0 Å². The molecule has 0 aliphatic carbocycles. The van der Waals surface area contributed by atoms with Crippen molar-refractivity contribution in [3.8, 4) is 0 Å². The van der Waals surface area contributed by atoms with Crippen molar-refractivity contribution in [1.29, 1.82) is 0 Å². The molecule has 0 bridgehead atoms. The van der Waals surface area contributed by atoms with E-state index in [0.717, 1.165) is 36.3 Å². The van der Waals surface area contributed by atoms with E-state index in [1.54, 1.807) is 0 Å². The van der Waals surface area contributed by atoms with Crippen LogP contribution in [-0.4, -0.2) is 21.7 Å². The molecule has 3 N–H and O–H groups in total. The van der Waals surface area contributed by atoms with E-state index in [4.69, 9.17) is 5.73 Å². The molecule has 1 aromatic heterocycles. The van der Waals surface area contributed by atoms with E-state index in [2.05, 4.69) is 46.5 Å². The SMILES string of the molecule is CCc1nnc(Nc2ccc(CCN)cc2)nc1CC. The molecule has 20 heavy (non-hydrogen) atoms. The van der Waals surface area contributed by atoms with Crippen molar-refractivity contribution in [2.75, 3.05) is 11.9 Å². The van der Waals surface area contributed by atoms with Gasteiger partial charge in [0.1, 0.15) is 0 Å². The van der Waals surface area contributed by atoms with Gasteiger partial charge in [0, 0.05) is 5.69 Å². The summed E-state index contributed by atoms with van der Waals surface area (Å²) in [5, 5.41) is 11.5. The standard InChI is InChI=1S/C15H21N5/c1-3-13-14(4-2)19-20-15(18-13)17-12-7-5-11(6-8-12)9-10-16/h5-8H,3-4,9-10,16H2,1-2H3,(H,17,18,20). The van der Waals surface area contributed by atoms with E-state index in [-0.39, 0.29) is 0 Å². The lowest BCUT2D eigenvalue weighted by Gasteiger charge is -2.08. The maximum atomic E-state index is 5.54. The quantitative estimate of drug-likeness (QED) is 0.842. The van der Waals surface area contributed by atoms with Crippen molar-refractivity contribution in [2.24, 2.45) is 5.73 Å². The van der Waals surface area contributed by atoms with Crippen molar-refractivity contribution in [2.45, 2.75) is 33.1 Å². The Labute approximate surface area is 119 Å². The monoisotopic (exact) mass is 271 g/mol. The number of anilines is 2. The van der Waals surface area contributed by atoms with Crippen molar-refractivity contribution in [1.82, 2.24) is 15.2 Å². The molecule has 0 aliphatic rings. The molecule has 1 heterocycles. The summed E-state index contributed by atoms with van der Waals surface area (Å²) in [7, 11) is 0. The molecule has 1 aromatic carbocycles. The first-order chi connectivity index (χ1) is 9.76. The fraction of sp³-hybridized carbons (Fsp3) is 0.400. The minimum atomic E-state index is 0.547. The van der Waals surface area contributed by atoms with Gasteiger partial charge < -0.3 is 11.1 Å². The molecule has 0 aliphatic heterocycles. The predicted molar refractivity (Wildman–Crippen MR) is 81.1 cm³/mol. The fourth-order valence-corrected chi connectivity index (χ4v) is 2.04. The minimum Gasteiger partial charge on any atom is -0.330 e. The molecule has 0 amide bonds. The zero-order valence-corrected chi connectivity index (χ0v) is 12.1. The summed E-state index contributed by atoms with van der Waals surface area (Å²) in [5.74, 6) is 0.547. The van der Waals surface area contributed by atoms with E-state index in [9.17, 15) is 0 Å². The van der Waals surface area contributed by atoms with E-state index in [0.29, 0.717) is 12.5 Å². The highest BCUT2D eigenvalue weighted by Crippen LogP contribution is 2.15. The zero-order valence-electron chi connectivity index (χ0n) is 12.1. The number of rotatable bonds is 6. The van der Waals surface area contributed by atoms with Crippen molar-refractivity contribution in [3.05, 3.63) is 41.2 Å². The highest BCUT2D eigenvalue weighted by molar-refractivity contribution is 5.53. The van der Waals surface area contributed by atoms with Gasteiger partial charge in [0.05, 0.1) is 11.4 Å². The third-order valence-electron chi connectivity index (χ3n) is 3.15. The van der Waals surface area contributed by atoms with Crippen LogP contribution in [0.1, 0.15) is 30.8 Å². The molecule has 0 saturated heterocycles. The van der Waals surface area contributed by atoms with Gasteiger partial charge in [-0.05, 0) is 43.5 Å². The van der Waals surface area contributed by atoms with Gasteiger partial charge in [0.2, 0.25) is 5.95 Å². The lowest BCUT2D eigenvalue weighted by molar-refractivity contribution is 0.829. The number of aryl methyl sites for hydroxylation is 2. The van der Waals surface area contributed by atoms with Crippen LogP contribution in [0, 0.1) is 0 Å². The minimum absolute atomic E-state index is 0.547. The number of benzene rings is 1. The summed E-state index contributed by atoms with van der Waals surface area (Å²) < 4.78 is 0. The molecule has 0 saturated carbocycles. The van der Waals surface area contributed by atoms with Gasteiger partial charge in [-0.25, -0.2) is 4.98 Å². The molecule has 5 nitrogen and oxygen atoms in total. The smallest absolute Gasteiger partial charge is 0.247 e. The van der Waals surface area contributed by atoms with Gasteiger partial charge in [-0.1, -0.05) is 26.0 Å². The Kier molecular flexibility index (Phi) is 5.01. The molecule has 5 heteroatoms. The van der Waals surface area contributed by atoms with Gasteiger partial charge in [-0.15, -0.1) is 10.2 Å². The van der Waals surface area contributed by atoms with E-state index in [1.165, 1.54) is 5.56 Å². The Hall–Kier alpha value is -2.01. The number of aromatic nitrogens is 3. The molecule has 0 fully saturated rings. The molecule has 0 radical (unpaired) electrons. The van der Waals surface area contributed by atoms with Crippen LogP contribution < -0.4 is 11.1 Å². The molecule has 2 aromatic rings. The van der Waals surface area contributed by atoms with Crippen LogP contribution >= 0.6 is 0 Å². The average Bonchev–Trinajstić information content (AvgIpc) is 2.49. The topological polar surface area (TPSA) is 76.7 Å². The van der Waals surface area contributed by atoms with Gasteiger partial charge in [0.25, 0.3) is 0 Å². The Morgan fingerprint density at radius 2 is 1.70 bits per heavy atom. The molecular weight excluding hydrogens is 250 g/mol. The van der Waals surface area contributed by atoms with Gasteiger partial charge in [-0.2, -0.15) is 0 Å². The predicted octanol–water partition coefficient (Wildman–Crippen LogP) is 2.24. The number of nitrogens with zero attached hydrogens (tertiary/aromatic N) is 3. The van der Waals surface area contributed by atoms with Gasteiger partial charge >= 0.3 is 0 Å². The fourth-order valence-electron chi connectivity index (χ4n) is 2.04. The molecule has 0 unspecified atom stereocenters. The third-order valence-corrected chi connectivity index (χ3v) is 3.15. The van der Waals surface area contributed by atoms with Crippen LogP contribution in [-0.2, 0) is 19.3 Å². The molecule has 0 spiro atoms. The lowest BCUT2D eigenvalue weighted by Crippen LogP contribution is -2.07. The Bertz CT molecular complexity index is 551. The highest BCUT2D eigenvalue weighted by atomic mass is 15.2. The van der Waals surface area contributed by atoms with Crippen LogP contribution in [0.5, 0.6) is 0 Å². The third kappa shape index (κ3) is 3.51. The maximum Gasteiger partial charge on any atom is 0.247 e.